The van der Waals surface area contributed by atoms with Crippen molar-refractivity contribution in [2.45, 2.75) is 19.9 Å². The number of Topliss-reactive ketones (excluding diaryl/α,β-unsaturated/α-hetero) is 1. The van der Waals surface area contributed by atoms with Gasteiger partial charge in [0.05, 0.1) is 11.6 Å². The van der Waals surface area contributed by atoms with Crippen LogP contribution in [-0.2, 0) is 4.79 Å². The average Bonchev–Trinajstić information content (AvgIpc) is 2.95. The summed E-state index contributed by atoms with van der Waals surface area (Å²) < 4.78 is 7.33. The van der Waals surface area contributed by atoms with Crippen LogP contribution in [0.5, 0.6) is 11.5 Å². The molecular weight excluding hydrogens is 364 g/mol. The summed E-state index contributed by atoms with van der Waals surface area (Å²) in [4.78, 5) is 16.3. The van der Waals surface area contributed by atoms with E-state index in [-0.39, 0.29) is 11.5 Å². The van der Waals surface area contributed by atoms with Gasteiger partial charge in [0.15, 0.2) is 17.3 Å². The molecule has 1 aliphatic rings. The molecule has 7 nitrogen and oxygen atoms in total. The third kappa shape index (κ3) is 2.48. The zero-order valence-corrected chi connectivity index (χ0v) is 14.4. The molecule has 1 atom stereocenters. The predicted octanol–water partition coefficient (Wildman–Crippen LogP) is 2.63. The van der Waals surface area contributed by atoms with E-state index < -0.39 is 6.04 Å². The number of ether oxygens (including phenoxy) is 1. The summed E-state index contributed by atoms with van der Waals surface area (Å²) in [5, 5.41) is 17.3. The molecule has 0 aliphatic carbocycles. The van der Waals surface area contributed by atoms with E-state index in [1.807, 2.05) is 6.92 Å². The summed E-state index contributed by atoms with van der Waals surface area (Å²) in [6, 6.07) is 2.99. The van der Waals surface area contributed by atoms with Crippen molar-refractivity contribution in [2.24, 2.45) is 0 Å². The van der Waals surface area contributed by atoms with Gasteiger partial charge >= 0.3 is 0 Å². The number of anilines is 1. The number of aromatic nitrogens is 3. The molecule has 0 amide bonds. The number of phenolic OH excluding ortho intramolecular Hbond substituents is 1. The number of nitrogens with one attached hydrogen (secondary N) is 1. The quantitative estimate of drug-likeness (QED) is 0.853. The van der Waals surface area contributed by atoms with Crippen LogP contribution >= 0.6 is 15.9 Å². The molecule has 0 saturated carbocycles. The molecule has 8 heteroatoms. The van der Waals surface area contributed by atoms with E-state index in [1.54, 1.807) is 16.8 Å². The molecule has 0 unspecified atom stereocenters. The number of benzene rings is 1. The molecule has 2 N–H and O–H groups in total. The summed E-state index contributed by atoms with van der Waals surface area (Å²) in [6.45, 7) is 3.34. The third-order valence-electron chi connectivity index (χ3n) is 3.76. The Morgan fingerprint density at radius 3 is 2.87 bits per heavy atom. The van der Waals surface area contributed by atoms with Crippen LogP contribution in [0.2, 0.25) is 0 Å². The average molecular weight is 379 g/mol. The van der Waals surface area contributed by atoms with Gasteiger partial charge in [-0.2, -0.15) is 10.1 Å². The number of halogens is 1. The van der Waals surface area contributed by atoms with Crippen molar-refractivity contribution >= 4 is 27.7 Å². The molecule has 0 radical (unpaired) electrons. The molecule has 0 fully saturated rings. The van der Waals surface area contributed by atoms with E-state index >= 15 is 0 Å². The lowest BCUT2D eigenvalue weighted by molar-refractivity contribution is -0.114. The lowest BCUT2D eigenvalue weighted by atomic mass is 9.93. The summed E-state index contributed by atoms with van der Waals surface area (Å²) in [6.07, 6.45) is 1.43. The molecule has 2 aromatic rings. The second-order valence-electron chi connectivity index (χ2n) is 5.20. The Bertz CT molecular complexity index is 828. The first-order valence-electron chi connectivity index (χ1n) is 6.88. The predicted molar refractivity (Wildman–Crippen MR) is 87.5 cm³/mol. The molecule has 1 aliphatic heterocycles. The molecule has 0 saturated heterocycles. The number of allylic oxidation sites excluding steroid dienone is 2. The Morgan fingerprint density at radius 1 is 1.48 bits per heavy atom. The number of rotatable bonds is 3. The molecule has 120 valence electrons. The maximum Gasteiger partial charge on any atom is 0.226 e. The van der Waals surface area contributed by atoms with Crippen LogP contribution in [0.15, 0.2) is 34.2 Å². The maximum absolute atomic E-state index is 12.2. The van der Waals surface area contributed by atoms with E-state index in [2.05, 4.69) is 31.3 Å². The molecule has 1 aromatic heterocycles. The van der Waals surface area contributed by atoms with Crippen molar-refractivity contribution in [2.75, 3.05) is 12.4 Å². The fourth-order valence-electron chi connectivity index (χ4n) is 2.76. The fraction of sp³-hybridized carbons (Fsp3) is 0.267. The van der Waals surface area contributed by atoms with Crippen LogP contribution in [0.3, 0.4) is 0 Å². The monoisotopic (exact) mass is 378 g/mol. The minimum atomic E-state index is -0.447. The van der Waals surface area contributed by atoms with E-state index in [1.165, 1.54) is 20.4 Å². The zero-order chi connectivity index (χ0) is 16.7. The molecule has 0 spiro atoms. The van der Waals surface area contributed by atoms with Gasteiger partial charge in [0.1, 0.15) is 12.4 Å². The number of nitrogens with zero attached hydrogens (tertiary/aromatic N) is 3. The van der Waals surface area contributed by atoms with Crippen molar-refractivity contribution in [1.82, 2.24) is 14.8 Å². The molecule has 1 aromatic carbocycles. The largest absolute Gasteiger partial charge is 0.503 e. The molecule has 0 bridgehead atoms. The maximum atomic E-state index is 12.2. The number of hydrogen-bond donors (Lipinski definition) is 2. The van der Waals surface area contributed by atoms with Gasteiger partial charge in [0.25, 0.3) is 0 Å². The number of fused-ring (bicyclic) bond motifs is 1. The Balaban J connectivity index is 2.25. The summed E-state index contributed by atoms with van der Waals surface area (Å²) in [5.74, 6) is 0.814. The van der Waals surface area contributed by atoms with Crippen LogP contribution in [-0.4, -0.2) is 32.8 Å². The number of carbonyl (C=O) groups is 1. The standard InChI is InChI=1S/C15H15BrN4O3/c1-7-12(8(2)21)13(20-15(19-7)17-6-18-20)9-4-10(16)14(22)11(5-9)23-3/h4-6,13,22H,1-3H3,(H,17,18,19)/t13-/m1/s1. The SMILES string of the molecule is COc1cc([C@@H]2C(C(C)=O)=C(C)Nc3ncnn32)cc(Br)c1O. The van der Waals surface area contributed by atoms with Gasteiger partial charge < -0.3 is 15.2 Å². The van der Waals surface area contributed by atoms with Crippen molar-refractivity contribution in [3.63, 3.8) is 0 Å². The second kappa shape index (κ2) is 5.69. The number of hydrogen-bond acceptors (Lipinski definition) is 6. The van der Waals surface area contributed by atoms with Crippen LogP contribution in [0.25, 0.3) is 0 Å². The van der Waals surface area contributed by atoms with Gasteiger partial charge in [-0.05, 0) is 47.5 Å². The highest BCUT2D eigenvalue weighted by molar-refractivity contribution is 9.10. The highest BCUT2D eigenvalue weighted by atomic mass is 79.9. The number of carbonyl (C=O) groups excluding carboxylic acids is 1. The number of phenols is 1. The lowest BCUT2D eigenvalue weighted by Gasteiger charge is -2.28. The van der Waals surface area contributed by atoms with Crippen molar-refractivity contribution in [1.29, 1.82) is 0 Å². The smallest absolute Gasteiger partial charge is 0.226 e. The zero-order valence-electron chi connectivity index (χ0n) is 12.8. The first kappa shape index (κ1) is 15.5. The minimum Gasteiger partial charge on any atom is -0.503 e. The minimum absolute atomic E-state index is 0.00840. The van der Waals surface area contributed by atoms with Crippen LogP contribution in [0.4, 0.5) is 5.95 Å². The van der Waals surface area contributed by atoms with Crippen LogP contribution < -0.4 is 10.1 Å². The lowest BCUT2D eigenvalue weighted by Crippen LogP contribution is -2.27. The molecule has 2 heterocycles. The van der Waals surface area contributed by atoms with Gasteiger partial charge in [-0.25, -0.2) is 4.68 Å². The number of ketones is 1. The Morgan fingerprint density at radius 2 is 2.22 bits per heavy atom. The molecular formula is C15H15BrN4O3. The third-order valence-corrected chi connectivity index (χ3v) is 4.36. The van der Waals surface area contributed by atoms with Gasteiger partial charge in [-0.3, -0.25) is 4.79 Å². The summed E-state index contributed by atoms with van der Waals surface area (Å²) in [5.41, 5.74) is 2.07. The van der Waals surface area contributed by atoms with Crippen LogP contribution in [0, 0.1) is 0 Å². The van der Waals surface area contributed by atoms with Crippen molar-refractivity contribution in [3.05, 3.63) is 39.8 Å². The summed E-state index contributed by atoms with van der Waals surface area (Å²) in [7, 11) is 1.47. The first-order chi connectivity index (χ1) is 10.9. The van der Waals surface area contributed by atoms with Crippen LogP contribution in [0.1, 0.15) is 25.5 Å². The Kier molecular flexibility index (Phi) is 3.85. The van der Waals surface area contributed by atoms with Gasteiger partial charge in [-0.1, -0.05) is 0 Å². The van der Waals surface area contributed by atoms with E-state index in [0.29, 0.717) is 21.7 Å². The first-order valence-corrected chi connectivity index (χ1v) is 7.68. The topological polar surface area (TPSA) is 89.3 Å². The summed E-state index contributed by atoms with van der Waals surface area (Å²) >= 11 is 3.32. The highest BCUT2D eigenvalue weighted by Crippen LogP contribution is 2.41. The highest BCUT2D eigenvalue weighted by Gasteiger charge is 2.32. The number of methoxy groups -OCH3 is 1. The second-order valence-corrected chi connectivity index (χ2v) is 6.06. The van der Waals surface area contributed by atoms with E-state index in [4.69, 9.17) is 4.74 Å². The van der Waals surface area contributed by atoms with Crippen molar-refractivity contribution in [3.8, 4) is 11.5 Å². The van der Waals surface area contributed by atoms with Gasteiger partial charge in [-0.15, -0.1) is 0 Å². The normalized spacial score (nSPS) is 16.8. The molecule has 3 rings (SSSR count). The molecule has 23 heavy (non-hydrogen) atoms. The van der Waals surface area contributed by atoms with E-state index in [9.17, 15) is 9.90 Å². The fourth-order valence-corrected chi connectivity index (χ4v) is 3.22. The van der Waals surface area contributed by atoms with E-state index in [0.717, 1.165) is 11.3 Å². The van der Waals surface area contributed by atoms with Crippen molar-refractivity contribution < 1.29 is 14.6 Å². The van der Waals surface area contributed by atoms with Gasteiger partial charge in [0, 0.05) is 11.3 Å². The Labute approximate surface area is 141 Å². The van der Waals surface area contributed by atoms with Gasteiger partial charge in [0.2, 0.25) is 5.95 Å². The Hall–Kier alpha value is -2.35. The number of aromatic hydroxyl groups is 1.